The van der Waals surface area contributed by atoms with Gasteiger partial charge in [0.1, 0.15) is 41.4 Å². The van der Waals surface area contributed by atoms with Crippen molar-refractivity contribution in [1.82, 2.24) is 19.9 Å². The first kappa shape index (κ1) is 28.8. The standard InChI is InChI=1S/C35H38F3N5O2/c1-2-25-28(37)7-6-22-13-24(44)14-26(29(22)25)31-30(38)32-27(16-39-31)33(42-11-8-20-4-5-21(12-20)17-42)41-34(40-32)45-19-35-9-3-10-43(35)18-23(36)15-35/h6-7,13-14,16,20-21,23,44H,2-5,8-12,15,17-19H2,1H3/t20?,21?,23-,35+/m1/s1. The minimum atomic E-state index is -0.893. The number of halogens is 3. The lowest BCUT2D eigenvalue weighted by molar-refractivity contribution is 0.107. The molecule has 4 aromatic rings. The van der Waals surface area contributed by atoms with Crippen molar-refractivity contribution in [2.45, 2.75) is 70.0 Å². The van der Waals surface area contributed by atoms with Crippen molar-refractivity contribution in [2.24, 2.45) is 11.8 Å². The molecule has 4 aliphatic rings. The molecule has 0 radical (unpaired) electrons. The third kappa shape index (κ3) is 4.87. The lowest BCUT2D eigenvalue weighted by Gasteiger charge is -2.31. The fraction of sp³-hybridized carbons (Fsp3) is 0.514. The minimum Gasteiger partial charge on any atom is -0.508 e. The Morgan fingerprint density at radius 1 is 1.07 bits per heavy atom. The Hall–Kier alpha value is -3.66. The predicted octanol–water partition coefficient (Wildman–Crippen LogP) is 6.97. The van der Waals surface area contributed by atoms with Crippen molar-refractivity contribution < 1.29 is 23.0 Å². The van der Waals surface area contributed by atoms with Gasteiger partial charge in [-0.05, 0) is 91.4 Å². The number of alkyl halides is 1. The predicted molar refractivity (Wildman–Crippen MR) is 167 cm³/mol. The smallest absolute Gasteiger partial charge is 0.319 e. The van der Waals surface area contributed by atoms with Gasteiger partial charge >= 0.3 is 6.01 Å². The van der Waals surface area contributed by atoms with Gasteiger partial charge in [0.2, 0.25) is 0 Å². The molecule has 1 N–H and O–H groups in total. The van der Waals surface area contributed by atoms with Crippen molar-refractivity contribution in [1.29, 1.82) is 0 Å². The van der Waals surface area contributed by atoms with E-state index in [1.165, 1.54) is 31.4 Å². The van der Waals surface area contributed by atoms with Crippen LogP contribution in [0.1, 0.15) is 57.4 Å². The van der Waals surface area contributed by atoms with Crippen LogP contribution < -0.4 is 9.64 Å². The fourth-order valence-corrected chi connectivity index (χ4v) is 8.74. The van der Waals surface area contributed by atoms with Crippen LogP contribution in [0.2, 0.25) is 0 Å². The molecule has 2 bridgehead atoms. The summed E-state index contributed by atoms with van der Waals surface area (Å²) < 4.78 is 52.6. The third-order valence-corrected chi connectivity index (χ3v) is 10.9. The third-order valence-electron chi connectivity index (χ3n) is 10.9. The normalized spacial score (nSPS) is 26.6. The van der Waals surface area contributed by atoms with Crippen LogP contribution in [0.4, 0.5) is 19.0 Å². The fourth-order valence-electron chi connectivity index (χ4n) is 8.74. The molecule has 5 heterocycles. The Bertz CT molecular complexity index is 1800. The summed E-state index contributed by atoms with van der Waals surface area (Å²) in [5.41, 5.74) is 0.375. The number of phenols is 1. The topological polar surface area (TPSA) is 74.6 Å². The molecule has 4 fully saturated rings. The zero-order chi connectivity index (χ0) is 30.9. The van der Waals surface area contributed by atoms with Gasteiger partial charge in [-0.2, -0.15) is 9.97 Å². The Kier molecular flexibility index (Phi) is 7.04. The summed E-state index contributed by atoms with van der Waals surface area (Å²) in [6.45, 7) is 4.95. The van der Waals surface area contributed by atoms with Crippen LogP contribution in [0.3, 0.4) is 0 Å². The van der Waals surface area contributed by atoms with Crippen molar-refractivity contribution in [3.05, 3.63) is 47.7 Å². The van der Waals surface area contributed by atoms with E-state index in [2.05, 4.69) is 19.8 Å². The largest absolute Gasteiger partial charge is 0.508 e. The van der Waals surface area contributed by atoms with Gasteiger partial charge in [0.15, 0.2) is 5.82 Å². The van der Waals surface area contributed by atoms with E-state index in [-0.39, 0.29) is 29.6 Å². The molecular formula is C35H38F3N5O2. The highest BCUT2D eigenvalue weighted by Gasteiger charge is 2.49. The zero-order valence-electron chi connectivity index (χ0n) is 25.5. The number of aromatic nitrogens is 3. The minimum absolute atomic E-state index is 0.0224. The van der Waals surface area contributed by atoms with E-state index < -0.39 is 23.3 Å². The van der Waals surface area contributed by atoms with Gasteiger partial charge < -0.3 is 14.7 Å². The molecule has 4 atom stereocenters. The number of benzene rings is 2. The van der Waals surface area contributed by atoms with E-state index in [4.69, 9.17) is 9.72 Å². The molecule has 45 heavy (non-hydrogen) atoms. The second kappa shape index (κ2) is 11.0. The van der Waals surface area contributed by atoms with E-state index in [0.717, 1.165) is 38.9 Å². The van der Waals surface area contributed by atoms with Crippen molar-refractivity contribution in [3.63, 3.8) is 0 Å². The van der Waals surface area contributed by atoms with E-state index in [0.29, 0.717) is 64.3 Å². The highest BCUT2D eigenvalue weighted by Crippen LogP contribution is 2.43. The molecule has 2 aromatic heterocycles. The maximum atomic E-state index is 16.9. The molecule has 3 saturated heterocycles. The number of fused-ring (bicyclic) bond motifs is 5. The first-order chi connectivity index (χ1) is 21.8. The highest BCUT2D eigenvalue weighted by molar-refractivity contribution is 6.01. The number of rotatable bonds is 6. The first-order valence-corrected chi connectivity index (χ1v) is 16.4. The van der Waals surface area contributed by atoms with Crippen LogP contribution in [0.15, 0.2) is 30.5 Å². The van der Waals surface area contributed by atoms with Gasteiger partial charge in [0.25, 0.3) is 0 Å². The molecule has 8 rings (SSSR count). The number of aryl methyl sites for hydroxylation is 1. The maximum Gasteiger partial charge on any atom is 0.319 e. The highest BCUT2D eigenvalue weighted by atomic mass is 19.1. The second-order valence-corrected chi connectivity index (χ2v) is 13.6. The molecule has 3 aliphatic heterocycles. The van der Waals surface area contributed by atoms with Crippen LogP contribution in [-0.2, 0) is 6.42 Å². The maximum absolute atomic E-state index is 16.9. The van der Waals surface area contributed by atoms with E-state index in [1.54, 1.807) is 18.3 Å². The SMILES string of the molecule is CCc1c(F)ccc2cc(O)cc(-c3ncc4c(N5CCC6CCC(C6)C5)nc(OC[C@@]56CCCN5C[C@H](F)C6)nc4c3F)c12. The van der Waals surface area contributed by atoms with Gasteiger partial charge in [-0.25, -0.2) is 13.2 Å². The van der Waals surface area contributed by atoms with Gasteiger partial charge in [-0.1, -0.05) is 19.4 Å². The molecule has 0 amide bonds. The van der Waals surface area contributed by atoms with Crippen LogP contribution in [0.25, 0.3) is 32.9 Å². The number of hydrogen-bond donors (Lipinski definition) is 1. The Balaban J connectivity index is 1.27. The number of aromatic hydroxyl groups is 1. The number of anilines is 1. The van der Waals surface area contributed by atoms with Crippen molar-refractivity contribution in [3.8, 4) is 23.0 Å². The van der Waals surface area contributed by atoms with E-state index in [9.17, 15) is 13.9 Å². The Labute approximate surface area is 260 Å². The number of hydrogen-bond acceptors (Lipinski definition) is 7. The van der Waals surface area contributed by atoms with Gasteiger partial charge in [-0.15, -0.1) is 0 Å². The van der Waals surface area contributed by atoms with Crippen LogP contribution in [-0.4, -0.2) is 69.5 Å². The van der Waals surface area contributed by atoms with Crippen molar-refractivity contribution in [2.75, 3.05) is 37.7 Å². The lowest BCUT2D eigenvalue weighted by atomic mass is 9.94. The molecular weight excluding hydrogens is 579 g/mol. The van der Waals surface area contributed by atoms with Crippen LogP contribution in [0, 0.1) is 23.5 Å². The van der Waals surface area contributed by atoms with E-state index >= 15 is 4.39 Å². The van der Waals surface area contributed by atoms with Crippen LogP contribution in [0.5, 0.6) is 11.8 Å². The molecule has 1 aliphatic carbocycles. The summed E-state index contributed by atoms with van der Waals surface area (Å²) in [4.78, 5) is 18.5. The number of pyridine rings is 1. The summed E-state index contributed by atoms with van der Waals surface area (Å²) in [5.74, 6) is 0.703. The average Bonchev–Trinajstić information content (AvgIpc) is 3.66. The molecule has 0 spiro atoms. The summed E-state index contributed by atoms with van der Waals surface area (Å²) >= 11 is 0. The Morgan fingerprint density at radius 3 is 2.80 bits per heavy atom. The number of ether oxygens (including phenoxy) is 1. The Morgan fingerprint density at radius 2 is 1.93 bits per heavy atom. The van der Waals surface area contributed by atoms with Crippen molar-refractivity contribution >= 4 is 27.5 Å². The number of nitrogens with zero attached hydrogens (tertiary/aromatic N) is 5. The number of phenolic OH excluding ortho intramolecular Hbond substituents is 1. The van der Waals surface area contributed by atoms with Gasteiger partial charge in [0, 0.05) is 37.8 Å². The molecule has 2 aromatic carbocycles. The average molecular weight is 618 g/mol. The molecule has 7 nitrogen and oxygen atoms in total. The van der Waals surface area contributed by atoms with E-state index in [1.807, 2.05) is 6.92 Å². The lowest BCUT2D eigenvalue weighted by Crippen LogP contribution is -2.43. The first-order valence-electron chi connectivity index (χ1n) is 16.4. The van der Waals surface area contributed by atoms with Crippen LogP contribution >= 0.6 is 0 Å². The van der Waals surface area contributed by atoms with Gasteiger partial charge in [0.05, 0.1) is 10.9 Å². The molecule has 236 valence electrons. The molecule has 2 unspecified atom stereocenters. The molecule has 1 saturated carbocycles. The summed E-state index contributed by atoms with van der Waals surface area (Å²) in [7, 11) is 0. The summed E-state index contributed by atoms with van der Waals surface area (Å²) in [5, 5.41) is 12.2. The summed E-state index contributed by atoms with van der Waals surface area (Å²) in [6.07, 6.45) is 7.99. The second-order valence-electron chi connectivity index (χ2n) is 13.6. The summed E-state index contributed by atoms with van der Waals surface area (Å²) in [6, 6.07) is 6.00. The zero-order valence-corrected chi connectivity index (χ0v) is 25.5. The van der Waals surface area contributed by atoms with Gasteiger partial charge in [-0.3, -0.25) is 9.88 Å². The molecule has 10 heteroatoms. The monoisotopic (exact) mass is 617 g/mol. The quantitative estimate of drug-likeness (QED) is 0.250.